The third-order valence-corrected chi connectivity index (χ3v) is 5.65. The van der Waals surface area contributed by atoms with Crippen LogP contribution in [0.1, 0.15) is 11.8 Å². The summed E-state index contributed by atoms with van der Waals surface area (Å²) < 4.78 is 26.3. The summed E-state index contributed by atoms with van der Waals surface area (Å²) in [4.78, 5) is 9.51. The second kappa shape index (κ2) is 5.45. The van der Waals surface area contributed by atoms with Crippen LogP contribution in [0, 0.1) is 0 Å². The van der Waals surface area contributed by atoms with Crippen molar-refractivity contribution >= 4 is 38.5 Å². The molecule has 6 nitrogen and oxygen atoms in total. The molecule has 0 saturated heterocycles. The highest BCUT2D eigenvalue weighted by molar-refractivity contribution is 7.89. The van der Waals surface area contributed by atoms with E-state index in [1.54, 1.807) is 30.5 Å². The lowest BCUT2D eigenvalue weighted by molar-refractivity contribution is 0.523. The summed E-state index contributed by atoms with van der Waals surface area (Å²) >= 11 is 1.44. The van der Waals surface area contributed by atoms with Crippen molar-refractivity contribution in [1.29, 1.82) is 0 Å². The third-order valence-electron chi connectivity index (χ3n) is 2.97. The molecule has 0 spiro atoms. The summed E-state index contributed by atoms with van der Waals surface area (Å²) in [7, 11) is -3.54. The van der Waals surface area contributed by atoms with Crippen molar-refractivity contribution in [3.05, 3.63) is 35.3 Å². The topological polar surface area (TPSA) is 74.7 Å². The molecule has 0 saturated carbocycles. The van der Waals surface area contributed by atoms with Gasteiger partial charge in [-0.1, -0.05) is 12.1 Å². The Morgan fingerprint density at radius 2 is 2.14 bits per heavy atom. The zero-order chi connectivity index (χ0) is 14.9. The predicted octanol–water partition coefficient (Wildman–Crippen LogP) is 2.44. The Balaban J connectivity index is 1.87. The fraction of sp³-hybridized carbons (Fsp3) is 0.231. The molecule has 21 heavy (non-hydrogen) atoms. The number of nitrogens with zero attached hydrogens (tertiary/aromatic N) is 3. The number of anilines is 1. The maximum absolute atomic E-state index is 12.5. The standard InChI is InChI=1S/C13H14N4O2S2/c1-2-14-13-15-7-10(20-13)8-17-9-16-11-5-3-4-6-12(11)21(17,18)19/h3-7,9H,2,8H2,1H3,(H,14,15). The molecule has 3 rings (SSSR count). The zero-order valence-corrected chi connectivity index (χ0v) is 13.0. The Morgan fingerprint density at radius 1 is 1.33 bits per heavy atom. The van der Waals surface area contributed by atoms with Crippen molar-refractivity contribution in [3.8, 4) is 0 Å². The lowest BCUT2D eigenvalue weighted by Gasteiger charge is -2.23. The van der Waals surface area contributed by atoms with Gasteiger partial charge in [0.05, 0.1) is 12.2 Å². The number of aromatic nitrogens is 1. The molecule has 0 aliphatic carbocycles. The molecule has 2 heterocycles. The van der Waals surface area contributed by atoms with Crippen molar-refractivity contribution in [1.82, 2.24) is 9.29 Å². The average Bonchev–Trinajstić information content (AvgIpc) is 2.90. The smallest absolute Gasteiger partial charge is 0.267 e. The number of benzene rings is 1. The highest BCUT2D eigenvalue weighted by atomic mass is 32.2. The minimum atomic E-state index is -3.54. The van der Waals surface area contributed by atoms with Crippen LogP contribution in [0.15, 0.2) is 40.4 Å². The van der Waals surface area contributed by atoms with Crippen LogP contribution in [-0.2, 0) is 16.6 Å². The molecule has 0 amide bonds. The van der Waals surface area contributed by atoms with Gasteiger partial charge in [0, 0.05) is 17.6 Å². The molecule has 1 N–H and O–H groups in total. The Bertz CT molecular complexity index is 783. The molecule has 0 bridgehead atoms. The van der Waals surface area contributed by atoms with Gasteiger partial charge >= 0.3 is 0 Å². The van der Waals surface area contributed by atoms with Crippen LogP contribution in [0.2, 0.25) is 0 Å². The van der Waals surface area contributed by atoms with Gasteiger partial charge in [0.1, 0.15) is 11.2 Å². The lowest BCUT2D eigenvalue weighted by atomic mass is 10.3. The van der Waals surface area contributed by atoms with Gasteiger partial charge in [0.15, 0.2) is 5.13 Å². The summed E-state index contributed by atoms with van der Waals surface area (Å²) in [6, 6.07) is 6.74. The Hall–Kier alpha value is -1.93. The first kappa shape index (κ1) is 14.0. The number of hydrogen-bond donors (Lipinski definition) is 1. The molecular weight excluding hydrogens is 308 g/mol. The maximum Gasteiger partial charge on any atom is 0.267 e. The molecule has 2 aromatic rings. The highest BCUT2D eigenvalue weighted by Gasteiger charge is 2.28. The Morgan fingerprint density at radius 3 is 2.95 bits per heavy atom. The van der Waals surface area contributed by atoms with E-state index >= 15 is 0 Å². The summed E-state index contributed by atoms with van der Waals surface area (Å²) in [5.74, 6) is 0. The molecule has 1 aromatic heterocycles. The first-order valence-electron chi connectivity index (χ1n) is 6.45. The predicted molar refractivity (Wildman–Crippen MR) is 83.6 cm³/mol. The van der Waals surface area contributed by atoms with Crippen molar-refractivity contribution < 1.29 is 8.42 Å². The van der Waals surface area contributed by atoms with Gasteiger partial charge in [-0.05, 0) is 19.1 Å². The molecule has 1 aromatic carbocycles. The van der Waals surface area contributed by atoms with Crippen molar-refractivity contribution in [2.75, 3.05) is 11.9 Å². The molecule has 0 unspecified atom stereocenters. The van der Waals surface area contributed by atoms with Crippen LogP contribution >= 0.6 is 11.3 Å². The number of hydrogen-bond acceptors (Lipinski definition) is 6. The normalized spacial score (nSPS) is 15.8. The SMILES string of the molecule is CCNc1ncc(CN2C=Nc3ccccc3S2(=O)=O)s1. The van der Waals surface area contributed by atoms with Crippen molar-refractivity contribution in [3.63, 3.8) is 0 Å². The van der Waals surface area contributed by atoms with Crippen LogP contribution in [0.3, 0.4) is 0 Å². The summed E-state index contributed by atoms with van der Waals surface area (Å²) in [5, 5.41) is 3.90. The van der Waals surface area contributed by atoms with E-state index in [0.29, 0.717) is 5.69 Å². The quantitative estimate of drug-likeness (QED) is 0.938. The van der Waals surface area contributed by atoms with Gasteiger partial charge in [0.2, 0.25) is 0 Å². The van der Waals surface area contributed by atoms with Gasteiger partial charge in [0.25, 0.3) is 10.0 Å². The average molecular weight is 322 g/mol. The number of fused-ring (bicyclic) bond motifs is 1. The van der Waals surface area contributed by atoms with E-state index in [1.165, 1.54) is 22.0 Å². The van der Waals surface area contributed by atoms with E-state index in [2.05, 4.69) is 15.3 Å². The Labute approximate surface area is 127 Å². The molecule has 8 heteroatoms. The maximum atomic E-state index is 12.5. The number of nitrogens with one attached hydrogen (secondary N) is 1. The second-order valence-corrected chi connectivity index (χ2v) is 7.40. The van der Waals surface area contributed by atoms with Crippen LogP contribution < -0.4 is 5.32 Å². The van der Waals surface area contributed by atoms with E-state index in [1.807, 2.05) is 6.92 Å². The van der Waals surface area contributed by atoms with E-state index < -0.39 is 10.0 Å². The van der Waals surface area contributed by atoms with Crippen molar-refractivity contribution in [2.24, 2.45) is 4.99 Å². The van der Waals surface area contributed by atoms with Gasteiger partial charge in [-0.25, -0.2) is 18.4 Å². The fourth-order valence-electron chi connectivity index (χ4n) is 1.99. The third kappa shape index (κ3) is 2.64. The fourth-order valence-corrected chi connectivity index (χ4v) is 4.32. The number of rotatable bonds is 4. The number of para-hydroxylation sites is 1. The summed E-state index contributed by atoms with van der Waals surface area (Å²) in [5.41, 5.74) is 0.478. The first-order valence-corrected chi connectivity index (χ1v) is 8.70. The summed E-state index contributed by atoms with van der Waals surface area (Å²) in [6.45, 7) is 3.01. The monoisotopic (exact) mass is 322 g/mol. The molecule has 1 aliphatic heterocycles. The van der Waals surface area contributed by atoms with E-state index in [9.17, 15) is 8.42 Å². The van der Waals surface area contributed by atoms with Gasteiger partial charge < -0.3 is 5.32 Å². The Kier molecular flexibility index (Phi) is 3.64. The number of sulfonamides is 1. The summed E-state index contributed by atoms with van der Waals surface area (Å²) in [6.07, 6.45) is 3.05. The zero-order valence-electron chi connectivity index (χ0n) is 11.4. The second-order valence-electron chi connectivity index (χ2n) is 4.42. The van der Waals surface area contributed by atoms with Crippen LogP contribution in [-0.4, -0.2) is 30.6 Å². The van der Waals surface area contributed by atoms with Gasteiger partial charge in [-0.3, -0.25) is 4.31 Å². The first-order chi connectivity index (χ1) is 10.1. The van der Waals surface area contributed by atoms with Gasteiger partial charge in [-0.15, -0.1) is 11.3 Å². The lowest BCUT2D eigenvalue weighted by Crippen LogP contribution is -2.31. The molecule has 110 valence electrons. The molecule has 0 fully saturated rings. The highest BCUT2D eigenvalue weighted by Crippen LogP contribution is 2.31. The largest absolute Gasteiger partial charge is 0.362 e. The molecule has 1 aliphatic rings. The van der Waals surface area contributed by atoms with E-state index in [4.69, 9.17) is 0 Å². The molecule has 0 radical (unpaired) electrons. The van der Waals surface area contributed by atoms with E-state index in [0.717, 1.165) is 16.6 Å². The molecular formula is C13H14N4O2S2. The van der Waals surface area contributed by atoms with Crippen LogP contribution in [0.5, 0.6) is 0 Å². The minimum absolute atomic E-state index is 0.239. The van der Waals surface area contributed by atoms with Gasteiger partial charge in [-0.2, -0.15) is 0 Å². The molecule has 0 atom stereocenters. The minimum Gasteiger partial charge on any atom is -0.362 e. The number of aliphatic imine (C=N–C) groups is 1. The van der Waals surface area contributed by atoms with Crippen LogP contribution in [0.25, 0.3) is 0 Å². The van der Waals surface area contributed by atoms with Crippen molar-refractivity contribution in [2.45, 2.75) is 18.4 Å². The van der Waals surface area contributed by atoms with Crippen LogP contribution in [0.4, 0.5) is 10.8 Å². The number of thiazole rings is 1. The van der Waals surface area contributed by atoms with E-state index in [-0.39, 0.29) is 11.4 Å².